The molecule has 0 atom stereocenters. The maximum Gasteiger partial charge on any atom is 0.329 e. The molecule has 1 aliphatic heterocycles. The Morgan fingerprint density at radius 1 is 1.30 bits per heavy atom. The van der Waals surface area contributed by atoms with Crippen LogP contribution in [0.5, 0.6) is 0 Å². The fourth-order valence-corrected chi connectivity index (χ4v) is 2.04. The second kappa shape index (κ2) is 5.00. The number of nitrogens with zero attached hydrogens (tertiary/aromatic N) is 1. The summed E-state index contributed by atoms with van der Waals surface area (Å²) in [5.41, 5.74) is -0.190. The van der Waals surface area contributed by atoms with E-state index >= 15 is 0 Å². The Labute approximate surface area is 117 Å². The van der Waals surface area contributed by atoms with Crippen molar-refractivity contribution in [1.82, 2.24) is 4.90 Å². The Morgan fingerprint density at radius 3 is 2.45 bits per heavy atom. The van der Waals surface area contributed by atoms with Crippen LogP contribution in [0.3, 0.4) is 0 Å². The lowest BCUT2D eigenvalue weighted by atomic mass is 9.97. The molecule has 0 aromatic heterocycles. The first kappa shape index (κ1) is 14.1. The van der Waals surface area contributed by atoms with E-state index in [1.54, 1.807) is 19.1 Å². The number of carboxylic acids is 1. The largest absolute Gasteiger partial charge is 0.480 e. The zero-order valence-corrected chi connectivity index (χ0v) is 11.7. The number of aliphatic carboxylic acids is 1. The van der Waals surface area contributed by atoms with E-state index in [1.807, 2.05) is 18.2 Å². The summed E-state index contributed by atoms with van der Waals surface area (Å²) in [6.07, 6.45) is 0. The summed E-state index contributed by atoms with van der Waals surface area (Å²) in [6, 6.07) is 9.11. The van der Waals surface area contributed by atoms with Crippen LogP contribution in [-0.4, -0.2) is 34.2 Å². The Hall–Kier alpha value is -2.30. The van der Waals surface area contributed by atoms with Gasteiger partial charge in [-0.15, -0.1) is 0 Å². The normalized spacial score (nSPS) is 16.1. The van der Waals surface area contributed by atoms with Crippen molar-refractivity contribution in [2.75, 3.05) is 6.73 Å². The molecule has 0 spiro atoms. The number of carboxylic acid groups (broad SMARTS) is 1. The Balaban J connectivity index is 2.44. The molecule has 0 saturated carbocycles. The van der Waals surface area contributed by atoms with Crippen LogP contribution in [0, 0.1) is 0 Å². The van der Waals surface area contributed by atoms with Crippen molar-refractivity contribution in [2.45, 2.75) is 26.3 Å². The second-order valence-electron chi connectivity index (χ2n) is 5.17. The lowest BCUT2D eigenvalue weighted by molar-refractivity contribution is -0.160. The van der Waals surface area contributed by atoms with Gasteiger partial charge < -0.3 is 9.84 Å². The zero-order valence-electron chi connectivity index (χ0n) is 11.7. The number of carbonyl (C=O) groups is 2. The molecule has 0 saturated heterocycles. The predicted molar refractivity (Wildman–Crippen MR) is 73.5 cm³/mol. The summed E-state index contributed by atoms with van der Waals surface area (Å²) in [4.78, 5) is 25.2. The third-order valence-electron chi connectivity index (χ3n) is 3.48. The molecular formula is C15H17NO4. The lowest BCUT2D eigenvalue weighted by Crippen LogP contribution is -2.55. The van der Waals surface area contributed by atoms with Crippen LogP contribution in [0.4, 0.5) is 0 Å². The van der Waals surface area contributed by atoms with E-state index < -0.39 is 11.5 Å². The number of rotatable bonds is 3. The Bertz CT molecular complexity index is 575. The molecule has 5 heteroatoms. The van der Waals surface area contributed by atoms with Crippen molar-refractivity contribution in [3.63, 3.8) is 0 Å². The molecule has 1 aromatic carbocycles. The minimum absolute atomic E-state index is 0.0553. The second-order valence-corrected chi connectivity index (χ2v) is 5.17. The van der Waals surface area contributed by atoms with Crippen LogP contribution in [0.2, 0.25) is 0 Å². The quantitative estimate of drug-likeness (QED) is 0.917. The van der Waals surface area contributed by atoms with Gasteiger partial charge in [0.25, 0.3) is 5.91 Å². The number of hydrogen-bond acceptors (Lipinski definition) is 3. The van der Waals surface area contributed by atoms with Crippen molar-refractivity contribution in [3.05, 3.63) is 41.7 Å². The van der Waals surface area contributed by atoms with E-state index in [0.29, 0.717) is 11.3 Å². The lowest BCUT2D eigenvalue weighted by Gasteiger charge is -2.38. The molecule has 0 bridgehead atoms. The molecule has 1 N–H and O–H groups in total. The average molecular weight is 275 g/mol. The van der Waals surface area contributed by atoms with E-state index in [4.69, 9.17) is 4.74 Å². The molecule has 106 valence electrons. The molecule has 0 aliphatic carbocycles. The molecule has 1 amide bonds. The number of amides is 1. The van der Waals surface area contributed by atoms with E-state index in [2.05, 4.69) is 0 Å². The van der Waals surface area contributed by atoms with Gasteiger partial charge in [0.2, 0.25) is 0 Å². The highest BCUT2D eigenvalue weighted by atomic mass is 16.5. The monoisotopic (exact) mass is 275 g/mol. The summed E-state index contributed by atoms with van der Waals surface area (Å²) in [7, 11) is 0. The Kier molecular flexibility index (Phi) is 3.53. The highest BCUT2D eigenvalue weighted by molar-refractivity contribution is 6.21. The summed E-state index contributed by atoms with van der Waals surface area (Å²) >= 11 is 0. The van der Waals surface area contributed by atoms with Crippen LogP contribution in [0.1, 0.15) is 26.3 Å². The smallest absolute Gasteiger partial charge is 0.329 e. The maximum absolute atomic E-state index is 12.6. The number of carbonyl (C=O) groups excluding carboxylic acids is 1. The molecule has 1 aromatic rings. The van der Waals surface area contributed by atoms with Crippen LogP contribution in [0.15, 0.2) is 36.1 Å². The first-order valence-electron chi connectivity index (χ1n) is 6.30. The number of ether oxygens (including phenoxy) is 1. The maximum atomic E-state index is 12.6. The van der Waals surface area contributed by atoms with Crippen molar-refractivity contribution in [1.29, 1.82) is 0 Å². The van der Waals surface area contributed by atoms with Gasteiger partial charge in [0.05, 0.1) is 5.57 Å². The van der Waals surface area contributed by atoms with E-state index in [-0.39, 0.29) is 12.6 Å². The van der Waals surface area contributed by atoms with Crippen molar-refractivity contribution in [3.8, 4) is 0 Å². The first-order valence-corrected chi connectivity index (χ1v) is 6.30. The van der Waals surface area contributed by atoms with E-state index in [1.165, 1.54) is 18.7 Å². The fourth-order valence-electron chi connectivity index (χ4n) is 2.04. The molecule has 0 radical (unpaired) electrons. The Morgan fingerprint density at radius 2 is 1.90 bits per heavy atom. The van der Waals surface area contributed by atoms with Crippen LogP contribution < -0.4 is 0 Å². The molecule has 5 nitrogen and oxygen atoms in total. The SMILES string of the molecule is CC1=C(c2ccccc2)C(=O)N(C(C)(C)C(=O)O)CO1. The van der Waals surface area contributed by atoms with Gasteiger partial charge in [-0.3, -0.25) is 9.69 Å². The highest BCUT2D eigenvalue weighted by Gasteiger charge is 2.42. The summed E-state index contributed by atoms with van der Waals surface area (Å²) in [5.74, 6) is -0.882. The minimum atomic E-state index is -1.32. The van der Waals surface area contributed by atoms with Gasteiger partial charge in [-0.05, 0) is 26.3 Å². The highest BCUT2D eigenvalue weighted by Crippen LogP contribution is 2.30. The van der Waals surface area contributed by atoms with Crippen molar-refractivity contribution >= 4 is 17.4 Å². The summed E-state index contributed by atoms with van der Waals surface area (Å²) in [5, 5.41) is 9.27. The number of benzene rings is 1. The van der Waals surface area contributed by atoms with E-state index in [0.717, 1.165) is 5.56 Å². The number of hydrogen-bond donors (Lipinski definition) is 1. The summed E-state index contributed by atoms with van der Waals surface area (Å²) < 4.78 is 5.49. The van der Waals surface area contributed by atoms with Crippen LogP contribution in [0.25, 0.3) is 5.57 Å². The van der Waals surface area contributed by atoms with Crippen molar-refractivity contribution in [2.24, 2.45) is 0 Å². The molecular weight excluding hydrogens is 258 g/mol. The molecule has 1 aliphatic rings. The van der Waals surface area contributed by atoms with E-state index in [9.17, 15) is 14.7 Å². The van der Waals surface area contributed by atoms with Gasteiger partial charge >= 0.3 is 5.97 Å². The third kappa shape index (κ3) is 2.27. The van der Waals surface area contributed by atoms with Gasteiger partial charge in [0, 0.05) is 0 Å². The average Bonchev–Trinajstić information content (AvgIpc) is 2.39. The van der Waals surface area contributed by atoms with Crippen molar-refractivity contribution < 1.29 is 19.4 Å². The van der Waals surface area contributed by atoms with Gasteiger partial charge in [-0.1, -0.05) is 30.3 Å². The van der Waals surface area contributed by atoms with Gasteiger partial charge in [0.1, 0.15) is 11.3 Å². The number of allylic oxidation sites excluding steroid dienone is 1. The van der Waals surface area contributed by atoms with Crippen LogP contribution >= 0.6 is 0 Å². The molecule has 0 unspecified atom stereocenters. The molecule has 2 rings (SSSR count). The topological polar surface area (TPSA) is 66.8 Å². The van der Waals surface area contributed by atoms with Gasteiger partial charge in [0.15, 0.2) is 6.73 Å². The first-order chi connectivity index (χ1) is 9.35. The summed E-state index contributed by atoms with van der Waals surface area (Å²) in [6.45, 7) is 4.63. The predicted octanol–water partition coefficient (Wildman–Crippen LogP) is 2.10. The van der Waals surface area contributed by atoms with Crippen LogP contribution in [-0.2, 0) is 14.3 Å². The zero-order chi connectivity index (χ0) is 14.9. The third-order valence-corrected chi connectivity index (χ3v) is 3.48. The van der Waals surface area contributed by atoms with Gasteiger partial charge in [-0.2, -0.15) is 0 Å². The fraction of sp³-hybridized carbons (Fsp3) is 0.333. The van der Waals surface area contributed by atoms with Gasteiger partial charge in [-0.25, -0.2) is 4.79 Å². The minimum Gasteiger partial charge on any atom is -0.480 e. The molecule has 20 heavy (non-hydrogen) atoms. The molecule has 1 heterocycles. The molecule has 0 fully saturated rings. The standard InChI is InChI=1S/C15H17NO4/c1-10-12(11-7-5-4-6-8-11)13(17)16(9-20-10)15(2,3)14(18)19/h4-8H,9H2,1-3H3,(H,18,19).